The number of carbonyl (C=O) groups is 1. The Kier molecular flexibility index (Phi) is 5.92. The van der Waals surface area contributed by atoms with Crippen LogP contribution in [-0.4, -0.2) is 36.8 Å². The van der Waals surface area contributed by atoms with Gasteiger partial charge in [-0.2, -0.15) is 0 Å². The van der Waals surface area contributed by atoms with Crippen molar-refractivity contribution >= 4 is 24.1 Å². The minimum Gasteiger partial charge on any atom is -0.450 e. The molecule has 0 saturated carbocycles. The van der Waals surface area contributed by atoms with Gasteiger partial charge in [0, 0.05) is 17.2 Å². The standard InChI is InChI=1S/C20H22NO4P/c1-2-24-20(22)21-15-9-10-17(16-21)25-26(23,18-11-5-3-6-12-18)19-13-7-4-8-14-19/h3-14,17H,2,15-16H2,1H3. The third-order valence-corrected chi connectivity index (χ3v) is 6.60. The lowest BCUT2D eigenvalue weighted by Crippen LogP contribution is -2.41. The fourth-order valence-electron chi connectivity index (χ4n) is 2.83. The van der Waals surface area contributed by atoms with E-state index in [9.17, 15) is 9.36 Å². The number of hydrogen-bond acceptors (Lipinski definition) is 4. The molecule has 1 unspecified atom stereocenters. The molecule has 1 amide bonds. The lowest BCUT2D eigenvalue weighted by molar-refractivity contribution is 0.0941. The highest BCUT2D eigenvalue weighted by molar-refractivity contribution is 7.74. The number of nitrogens with zero attached hydrogens (tertiary/aromatic N) is 1. The lowest BCUT2D eigenvalue weighted by Gasteiger charge is -2.31. The summed E-state index contributed by atoms with van der Waals surface area (Å²) < 4.78 is 25.1. The van der Waals surface area contributed by atoms with Crippen LogP contribution in [0.5, 0.6) is 0 Å². The Morgan fingerprint density at radius 1 is 1.08 bits per heavy atom. The summed E-state index contributed by atoms with van der Waals surface area (Å²) in [6.45, 7) is 2.85. The van der Waals surface area contributed by atoms with Crippen LogP contribution in [0.2, 0.25) is 0 Å². The molecule has 0 fully saturated rings. The van der Waals surface area contributed by atoms with E-state index in [4.69, 9.17) is 9.26 Å². The van der Waals surface area contributed by atoms with E-state index in [1.807, 2.05) is 72.8 Å². The minimum atomic E-state index is -3.29. The molecule has 0 bridgehead atoms. The van der Waals surface area contributed by atoms with Gasteiger partial charge in [0.1, 0.15) is 6.10 Å². The van der Waals surface area contributed by atoms with Crippen molar-refractivity contribution in [3.63, 3.8) is 0 Å². The predicted molar refractivity (Wildman–Crippen MR) is 102 cm³/mol. The van der Waals surface area contributed by atoms with Gasteiger partial charge in [-0.1, -0.05) is 48.6 Å². The number of benzene rings is 2. The predicted octanol–water partition coefficient (Wildman–Crippen LogP) is 3.33. The van der Waals surface area contributed by atoms with Crippen LogP contribution in [0.4, 0.5) is 4.79 Å². The third-order valence-electron chi connectivity index (χ3n) is 4.08. The van der Waals surface area contributed by atoms with Gasteiger partial charge < -0.3 is 14.2 Å². The molecule has 2 aromatic rings. The Hall–Kier alpha value is -2.36. The van der Waals surface area contributed by atoms with Gasteiger partial charge in [-0.05, 0) is 31.2 Å². The molecule has 0 aliphatic carbocycles. The van der Waals surface area contributed by atoms with Gasteiger partial charge in [-0.25, -0.2) is 4.79 Å². The lowest BCUT2D eigenvalue weighted by atomic mass is 10.2. The summed E-state index contributed by atoms with van der Waals surface area (Å²) in [6, 6.07) is 18.4. The van der Waals surface area contributed by atoms with Crippen molar-refractivity contribution < 1.29 is 18.6 Å². The summed E-state index contributed by atoms with van der Waals surface area (Å²) in [5.74, 6) is 0. The van der Waals surface area contributed by atoms with E-state index < -0.39 is 13.5 Å². The molecule has 0 saturated heterocycles. The Bertz CT molecular complexity index is 764. The van der Waals surface area contributed by atoms with E-state index in [1.54, 1.807) is 11.8 Å². The first-order valence-corrected chi connectivity index (χ1v) is 10.2. The van der Waals surface area contributed by atoms with Crippen LogP contribution in [0.25, 0.3) is 0 Å². The van der Waals surface area contributed by atoms with E-state index >= 15 is 0 Å². The molecule has 1 aliphatic heterocycles. The van der Waals surface area contributed by atoms with Gasteiger partial charge >= 0.3 is 6.09 Å². The minimum absolute atomic E-state index is 0.305. The number of ether oxygens (including phenoxy) is 1. The van der Waals surface area contributed by atoms with Crippen molar-refractivity contribution in [1.82, 2.24) is 4.90 Å². The molecule has 0 spiro atoms. The van der Waals surface area contributed by atoms with E-state index in [0.29, 0.717) is 30.3 Å². The smallest absolute Gasteiger partial charge is 0.410 e. The maximum absolute atomic E-state index is 13.9. The molecule has 1 heterocycles. The second-order valence-corrected chi connectivity index (χ2v) is 8.25. The molecule has 3 rings (SSSR count). The zero-order chi connectivity index (χ0) is 18.4. The molecule has 6 heteroatoms. The number of amides is 1. The average molecular weight is 371 g/mol. The first kappa shape index (κ1) is 18.4. The van der Waals surface area contributed by atoms with Gasteiger partial charge in [0.25, 0.3) is 7.37 Å². The van der Waals surface area contributed by atoms with Crippen LogP contribution < -0.4 is 10.6 Å². The van der Waals surface area contributed by atoms with Crippen LogP contribution in [0.15, 0.2) is 72.8 Å². The molecule has 26 heavy (non-hydrogen) atoms. The van der Waals surface area contributed by atoms with Crippen molar-refractivity contribution in [3.05, 3.63) is 72.8 Å². The van der Waals surface area contributed by atoms with Gasteiger partial charge in [-0.3, -0.25) is 4.57 Å². The summed E-state index contributed by atoms with van der Waals surface area (Å²) in [4.78, 5) is 13.5. The number of carbonyl (C=O) groups excluding carboxylic acids is 1. The van der Waals surface area contributed by atoms with Crippen molar-refractivity contribution in [2.75, 3.05) is 19.7 Å². The Morgan fingerprint density at radius 3 is 2.19 bits per heavy atom. The van der Waals surface area contributed by atoms with Crippen LogP contribution >= 0.6 is 7.37 Å². The second-order valence-electron chi connectivity index (χ2n) is 5.90. The summed E-state index contributed by atoms with van der Waals surface area (Å²) in [5.41, 5.74) is 0. The van der Waals surface area contributed by atoms with Gasteiger partial charge in [0.2, 0.25) is 0 Å². The number of hydrogen-bond donors (Lipinski definition) is 0. The molecule has 136 valence electrons. The van der Waals surface area contributed by atoms with Gasteiger partial charge in [-0.15, -0.1) is 0 Å². The van der Waals surface area contributed by atoms with Gasteiger partial charge in [0.05, 0.1) is 13.2 Å². The highest BCUT2D eigenvalue weighted by Gasteiger charge is 2.33. The third kappa shape index (κ3) is 4.06. The van der Waals surface area contributed by atoms with Crippen LogP contribution in [0.3, 0.4) is 0 Å². The van der Waals surface area contributed by atoms with E-state index in [0.717, 1.165) is 0 Å². The Balaban J connectivity index is 1.88. The molecule has 0 N–H and O–H groups in total. The first-order chi connectivity index (χ1) is 12.6. The summed E-state index contributed by atoms with van der Waals surface area (Å²) in [5, 5.41) is 1.26. The largest absolute Gasteiger partial charge is 0.450 e. The summed E-state index contributed by atoms with van der Waals surface area (Å²) in [7, 11) is -3.29. The SMILES string of the molecule is CCOC(=O)N1CC=CC(OP(=O)(c2ccccc2)c2ccccc2)C1. The molecule has 0 radical (unpaired) electrons. The fraction of sp³-hybridized carbons (Fsp3) is 0.250. The van der Waals surface area contributed by atoms with Gasteiger partial charge in [0.15, 0.2) is 0 Å². The topological polar surface area (TPSA) is 55.8 Å². The molecule has 2 aromatic carbocycles. The van der Waals surface area contributed by atoms with Crippen LogP contribution in [0.1, 0.15) is 6.92 Å². The zero-order valence-electron chi connectivity index (χ0n) is 14.7. The normalized spacial score (nSPS) is 17.1. The van der Waals surface area contributed by atoms with Crippen molar-refractivity contribution in [2.45, 2.75) is 13.0 Å². The van der Waals surface area contributed by atoms with E-state index in [1.165, 1.54) is 0 Å². The molecule has 0 aromatic heterocycles. The molecule has 5 nitrogen and oxygen atoms in total. The Morgan fingerprint density at radius 2 is 1.65 bits per heavy atom. The van der Waals surface area contributed by atoms with Crippen molar-refractivity contribution in [2.24, 2.45) is 0 Å². The molecular formula is C20H22NO4P. The second kappa shape index (κ2) is 8.35. The van der Waals surface area contributed by atoms with Crippen LogP contribution in [-0.2, 0) is 13.8 Å². The van der Waals surface area contributed by atoms with E-state index in [-0.39, 0.29) is 6.09 Å². The molecule has 1 atom stereocenters. The summed E-state index contributed by atoms with van der Waals surface area (Å²) >= 11 is 0. The molecular weight excluding hydrogens is 349 g/mol. The fourth-order valence-corrected chi connectivity index (χ4v) is 5.02. The highest BCUT2D eigenvalue weighted by atomic mass is 31.2. The monoisotopic (exact) mass is 371 g/mol. The number of rotatable bonds is 5. The maximum Gasteiger partial charge on any atom is 0.410 e. The van der Waals surface area contributed by atoms with Crippen LogP contribution in [0, 0.1) is 0 Å². The molecule has 1 aliphatic rings. The Labute approximate surface area is 153 Å². The summed E-state index contributed by atoms with van der Waals surface area (Å²) in [6.07, 6.45) is 2.83. The van der Waals surface area contributed by atoms with Crippen molar-refractivity contribution in [3.8, 4) is 0 Å². The van der Waals surface area contributed by atoms with E-state index in [2.05, 4.69) is 0 Å². The van der Waals surface area contributed by atoms with Crippen molar-refractivity contribution in [1.29, 1.82) is 0 Å². The maximum atomic E-state index is 13.9. The zero-order valence-corrected chi connectivity index (χ0v) is 15.5. The first-order valence-electron chi connectivity index (χ1n) is 8.61. The average Bonchev–Trinajstić information content (AvgIpc) is 2.69. The highest BCUT2D eigenvalue weighted by Crippen LogP contribution is 2.46. The quantitative estimate of drug-likeness (QED) is 0.598.